The number of fused-ring (bicyclic) bond motifs is 1. The van der Waals surface area contributed by atoms with Crippen molar-refractivity contribution < 1.29 is 24.0 Å². The normalized spacial score (nSPS) is 18.7. The number of hydrogen-bond donors (Lipinski definition) is 3. The topological polar surface area (TPSA) is 139 Å². The van der Waals surface area contributed by atoms with Crippen molar-refractivity contribution in [1.29, 1.82) is 0 Å². The molecule has 2 heterocycles. The molecule has 0 aliphatic carbocycles. The van der Waals surface area contributed by atoms with Crippen LogP contribution in [0.4, 0.5) is 0 Å². The van der Waals surface area contributed by atoms with E-state index in [-0.39, 0.29) is 36.4 Å². The lowest BCUT2D eigenvalue weighted by atomic mass is 10.0. The molecule has 29 heavy (non-hydrogen) atoms. The van der Waals surface area contributed by atoms with Crippen LogP contribution in [0.3, 0.4) is 0 Å². The first-order chi connectivity index (χ1) is 13.9. The van der Waals surface area contributed by atoms with Crippen LogP contribution in [0.1, 0.15) is 64.8 Å². The van der Waals surface area contributed by atoms with Crippen LogP contribution in [0.5, 0.6) is 0 Å². The molecule has 1 aromatic carbocycles. The number of nitrogens with two attached hydrogens (primary N) is 1. The number of rotatable bonds is 8. The van der Waals surface area contributed by atoms with Gasteiger partial charge in [0.1, 0.15) is 6.04 Å². The van der Waals surface area contributed by atoms with E-state index in [4.69, 9.17) is 5.73 Å². The average molecular weight is 400 g/mol. The molecule has 1 saturated heterocycles. The van der Waals surface area contributed by atoms with Gasteiger partial charge in [-0.05, 0) is 37.4 Å². The zero-order valence-corrected chi connectivity index (χ0v) is 16.0. The van der Waals surface area contributed by atoms with E-state index >= 15 is 0 Å². The summed E-state index contributed by atoms with van der Waals surface area (Å²) in [4.78, 5) is 62.2. The highest BCUT2D eigenvalue weighted by molar-refractivity contribution is 6.24. The fourth-order valence-corrected chi connectivity index (χ4v) is 3.62. The minimum Gasteiger partial charge on any atom is -0.352 e. The van der Waals surface area contributed by atoms with Gasteiger partial charge >= 0.3 is 0 Å². The standard InChI is InChI=1S/C20H24N4O5/c21-10-3-1-2-7-15(25)22-11-12-5-4-6-13-17(12)20(29)24(19(13)28)14-8-9-16(26)23-18(14)27/h4-6,14H,1-3,7-11,21H2,(H,22,25)(H,23,26,27). The lowest BCUT2D eigenvalue weighted by Crippen LogP contribution is -2.54. The Kier molecular flexibility index (Phi) is 6.38. The van der Waals surface area contributed by atoms with Gasteiger partial charge in [-0.15, -0.1) is 0 Å². The molecule has 9 nitrogen and oxygen atoms in total. The molecule has 0 saturated carbocycles. The Bertz CT molecular complexity index is 866. The Hall–Kier alpha value is -3.07. The van der Waals surface area contributed by atoms with E-state index in [9.17, 15) is 24.0 Å². The highest BCUT2D eigenvalue weighted by atomic mass is 16.2. The molecule has 9 heteroatoms. The van der Waals surface area contributed by atoms with Crippen molar-refractivity contribution in [1.82, 2.24) is 15.5 Å². The van der Waals surface area contributed by atoms with Gasteiger partial charge in [0.05, 0.1) is 11.1 Å². The summed E-state index contributed by atoms with van der Waals surface area (Å²) in [5, 5.41) is 4.94. The van der Waals surface area contributed by atoms with Gasteiger partial charge in [0, 0.05) is 19.4 Å². The third-order valence-corrected chi connectivity index (χ3v) is 5.14. The fraction of sp³-hybridized carbons (Fsp3) is 0.450. The summed E-state index contributed by atoms with van der Waals surface area (Å²) in [6.07, 6.45) is 3.01. The van der Waals surface area contributed by atoms with E-state index in [0.29, 0.717) is 18.5 Å². The molecule has 5 amide bonds. The summed E-state index contributed by atoms with van der Waals surface area (Å²) in [6.45, 7) is 0.707. The molecule has 3 rings (SSSR count). The van der Waals surface area contributed by atoms with E-state index in [0.717, 1.165) is 24.2 Å². The molecule has 0 radical (unpaired) electrons. The maximum Gasteiger partial charge on any atom is 0.262 e. The number of nitrogens with one attached hydrogen (secondary N) is 2. The number of hydrogen-bond acceptors (Lipinski definition) is 6. The fourth-order valence-electron chi connectivity index (χ4n) is 3.62. The van der Waals surface area contributed by atoms with Gasteiger partial charge in [-0.3, -0.25) is 34.2 Å². The van der Waals surface area contributed by atoms with Crippen LogP contribution in [-0.2, 0) is 20.9 Å². The Morgan fingerprint density at radius 1 is 1.14 bits per heavy atom. The van der Waals surface area contributed by atoms with Crippen LogP contribution < -0.4 is 16.4 Å². The van der Waals surface area contributed by atoms with E-state index in [1.54, 1.807) is 12.1 Å². The summed E-state index contributed by atoms with van der Waals surface area (Å²) >= 11 is 0. The second-order valence-corrected chi connectivity index (χ2v) is 7.16. The molecule has 154 valence electrons. The molecular formula is C20H24N4O5. The minimum absolute atomic E-state index is 0.0664. The summed E-state index contributed by atoms with van der Waals surface area (Å²) in [7, 11) is 0. The average Bonchev–Trinajstić information content (AvgIpc) is 2.95. The molecule has 2 aliphatic rings. The SMILES string of the molecule is NCCCCCC(=O)NCc1cccc2c1C(=O)N(C1CCC(=O)NC1=O)C2=O. The van der Waals surface area contributed by atoms with Crippen LogP contribution in [0.25, 0.3) is 0 Å². The van der Waals surface area contributed by atoms with Crippen molar-refractivity contribution >= 4 is 29.5 Å². The van der Waals surface area contributed by atoms with Crippen LogP contribution in [-0.4, -0.2) is 47.0 Å². The van der Waals surface area contributed by atoms with Gasteiger partial charge in [-0.25, -0.2) is 0 Å². The van der Waals surface area contributed by atoms with E-state index in [2.05, 4.69) is 10.6 Å². The molecule has 1 unspecified atom stereocenters. The Labute approximate surface area is 168 Å². The Morgan fingerprint density at radius 2 is 1.93 bits per heavy atom. The zero-order valence-electron chi connectivity index (χ0n) is 16.0. The van der Waals surface area contributed by atoms with Crippen molar-refractivity contribution in [3.63, 3.8) is 0 Å². The molecular weight excluding hydrogens is 376 g/mol. The predicted molar refractivity (Wildman–Crippen MR) is 102 cm³/mol. The Morgan fingerprint density at radius 3 is 2.66 bits per heavy atom. The van der Waals surface area contributed by atoms with Crippen LogP contribution in [0.2, 0.25) is 0 Å². The number of imide groups is 2. The maximum atomic E-state index is 13.0. The third kappa shape index (κ3) is 4.34. The first kappa shape index (κ1) is 20.7. The summed E-state index contributed by atoms with van der Waals surface area (Å²) in [6, 6.07) is 3.83. The molecule has 4 N–H and O–H groups in total. The molecule has 0 bridgehead atoms. The molecule has 1 aromatic rings. The second-order valence-electron chi connectivity index (χ2n) is 7.16. The van der Waals surface area contributed by atoms with Gasteiger partial charge in [-0.1, -0.05) is 18.6 Å². The van der Waals surface area contributed by atoms with E-state index < -0.39 is 29.7 Å². The smallest absolute Gasteiger partial charge is 0.262 e. The Balaban J connectivity index is 1.71. The number of amides is 5. The monoisotopic (exact) mass is 400 g/mol. The maximum absolute atomic E-state index is 13.0. The molecule has 0 aromatic heterocycles. The van der Waals surface area contributed by atoms with Crippen LogP contribution in [0.15, 0.2) is 18.2 Å². The van der Waals surface area contributed by atoms with Gasteiger partial charge < -0.3 is 11.1 Å². The number of benzene rings is 1. The molecule has 1 atom stereocenters. The van der Waals surface area contributed by atoms with E-state index in [1.165, 1.54) is 6.07 Å². The minimum atomic E-state index is -1.01. The summed E-state index contributed by atoms with van der Waals surface area (Å²) < 4.78 is 0. The number of unbranched alkanes of at least 4 members (excludes halogenated alkanes) is 2. The largest absolute Gasteiger partial charge is 0.352 e. The van der Waals surface area contributed by atoms with E-state index in [1.807, 2.05) is 0 Å². The van der Waals surface area contributed by atoms with Gasteiger partial charge in [0.15, 0.2) is 0 Å². The highest BCUT2D eigenvalue weighted by Gasteiger charge is 2.45. The molecule has 2 aliphatic heterocycles. The van der Waals surface area contributed by atoms with Gasteiger partial charge in [0.25, 0.3) is 11.8 Å². The second kappa shape index (κ2) is 8.95. The van der Waals surface area contributed by atoms with Crippen molar-refractivity contribution in [2.75, 3.05) is 6.54 Å². The van der Waals surface area contributed by atoms with Crippen molar-refractivity contribution in [3.8, 4) is 0 Å². The zero-order chi connectivity index (χ0) is 21.0. The van der Waals surface area contributed by atoms with Crippen molar-refractivity contribution in [2.24, 2.45) is 5.73 Å². The quantitative estimate of drug-likeness (QED) is 0.422. The lowest BCUT2D eigenvalue weighted by Gasteiger charge is -2.27. The first-order valence-corrected chi connectivity index (χ1v) is 9.74. The van der Waals surface area contributed by atoms with Crippen LogP contribution in [0, 0.1) is 0 Å². The number of piperidine rings is 1. The van der Waals surface area contributed by atoms with Crippen LogP contribution >= 0.6 is 0 Å². The first-order valence-electron chi connectivity index (χ1n) is 9.74. The predicted octanol–water partition coefficient (Wildman–Crippen LogP) is 0.223. The van der Waals surface area contributed by atoms with Crippen molar-refractivity contribution in [2.45, 2.75) is 51.1 Å². The highest BCUT2D eigenvalue weighted by Crippen LogP contribution is 2.29. The summed E-state index contributed by atoms with van der Waals surface area (Å²) in [5.41, 5.74) is 6.35. The lowest BCUT2D eigenvalue weighted by molar-refractivity contribution is -0.136. The van der Waals surface area contributed by atoms with Gasteiger partial charge in [0.2, 0.25) is 17.7 Å². The molecule has 1 fully saturated rings. The number of carbonyl (C=O) groups is 5. The summed E-state index contributed by atoms with van der Waals surface area (Å²) in [5.74, 6) is -2.35. The molecule has 0 spiro atoms. The number of carbonyl (C=O) groups excluding carboxylic acids is 5. The number of nitrogens with zero attached hydrogens (tertiary/aromatic N) is 1. The van der Waals surface area contributed by atoms with Crippen molar-refractivity contribution in [3.05, 3.63) is 34.9 Å². The third-order valence-electron chi connectivity index (χ3n) is 5.14. The van der Waals surface area contributed by atoms with Gasteiger partial charge in [-0.2, -0.15) is 0 Å².